The SMILES string of the molecule is CC(=O)N(C)C(C)(C)CN(C)C. The van der Waals surface area contributed by atoms with Crippen LogP contribution in [0, 0.1) is 0 Å². The van der Waals surface area contributed by atoms with Gasteiger partial charge in [0, 0.05) is 26.1 Å². The maximum atomic E-state index is 11.1. The summed E-state index contributed by atoms with van der Waals surface area (Å²) in [7, 11) is 5.86. The molecule has 0 aliphatic heterocycles. The molecule has 12 heavy (non-hydrogen) atoms. The molecule has 0 atom stereocenters. The number of hydrogen-bond donors (Lipinski definition) is 0. The molecule has 0 bridgehead atoms. The summed E-state index contributed by atoms with van der Waals surface area (Å²) in [6, 6.07) is 0. The monoisotopic (exact) mass is 172 g/mol. The third kappa shape index (κ3) is 3.22. The summed E-state index contributed by atoms with van der Waals surface area (Å²) in [4.78, 5) is 14.9. The Hall–Kier alpha value is -0.570. The van der Waals surface area contributed by atoms with E-state index in [0.29, 0.717) is 0 Å². The predicted octanol–water partition coefficient (Wildman–Crippen LogP) is 0.805. The van der Waals surface area contributed by atoms with E-state index in [1.807, 2.05) is 21.1 Å². The molecule has 0 spiro atoms. The second kappa shape index (κ2) is 3.90. The first-order valence-electron chi connectivity index (χ1n) is 4.16. The fraction of sp³-hybridized carbons (Fsp3) is 0.889. The quantitative estimate of drug-likeness (QED) is 0.629. The van der Waals surface area contributed by atoms with Crippen molar-refractivity contribution in [3.8, 4) is 0 Å². The van der Waals surface area contributed by atoms with Gasteiger partial charge in [0.15, 0.2) is 0 Å². The van der Waals surface area contributed by atoms with Crippen LogP contribution in [0.15, 0.2) is 0 Å². The molecule has 1 amide bonds. The summed E-state index contributed by atoms with van der Waals surface area (Å²) >= 11 is 0. The van der Waals surface area contributed by atoms with Crippen molar-refractivity contribution in [3.63, 3.8) is 0 Å². The van der Waals surface area contributed by atoms with Crippen LogP contribution in [-0.4, -0.2) is 48.9 Å². The van der Waals surface area contributed by atoms with Gasteiger partial charge >= 0.3 is 0 Å². The van der Waals surface area contributed by atoms with Crippen molar-refractivity contribution < 1.29 is 4.79 Å². The maximum absolute atomic E-state index is 11.1. The molecule has 0 N–H and O–H groups in total. The van der Waals surface area contributed by atoms with Crippen LogP contribution in [0.25, 0.3) is 0 Å². The lowest BCUT2D eigenvalue weighted by Crippen LogP contribution is -2.50. The van der Waals surface area contributed by atoms with Crippen LogP contribution < -0.4 is 0 Å². The van der Waals surface area contributed by atoms with Crippen LogP contribution >= 0.6 is 0 Å². The zero-order chi connectivity index (χ0) is 9.94. The van der Waals surface area contributed by atoms with Crippen LogP contribution in [0.4, 0.5) is 0 Å². The first kappa shape index (κ1) is 11.4. The molecule has 0 aliphatic carbocycles. The van der Waals surface area contributed by atoms with E-state index in [2.05, 4.69) is 18.7 Å². The maximum Gasteiger partial charge on any atom is 0.219 e. The minimum absolute atomic E-state index is 0.0880. The Balaban J connectivity index is 4.28. The second-order valence-corrected chi connectivity index (χ2v) is 4.13. The van der Waals surface area contributed by atoms with Gasteiger partial charge in [0.1, 0.15) is 0 Å². The van der Waals surface area contributed by atoms with Gasteiger partial charge < -0.3 is 9.80 Å². The number of rotatable bonds is 3. The van der Waals surface area contributed by atoms with Gasteiger partial charge in [-0.3, -0.25) is 4.79 Å². The van der Waals surface area contributed by atoms with Crippen LogP contribution in [-0.2, 0) is 4.79 Å². The molecule has 3 nitrogen and oxygen atoms in total. The van der Waals surface area contributed by atoms with Gasteiger partial charge in [-0.2, -0.15) is 0 Å². The smallest absolute Gasteiger partial charge is 0.219 e. The predicted molar refractivity (Wildman–Crippen MR) is 51.1 cm³/mol. The van der Waals surface area contributed by atoms with Crippen LogP contribution in [0.3, 0.4) is 0 Å². The van der Waals surface area contributed by atoms with Gasteiger partial charge in [-0.25, -0.2) is 0 Å². The summed E-state index contributed by atoms with van der Waals surface area (Å²) in [5.41, 5.74) is -0.0880. The van der Waals surface area contributed by atoms with E-state index in [4.69, 9.17) is 0 Å². The summed E-state index contributed by atoms with van der Waals surface area (Å²) in [6.07, 6.45) is 0. The Kier molecular flexibility index (Phi) is 3.71. The number of nitrogens with zero attached hydrogens (tertiary/aromatic N) is 2. The van der Waals surface area contributed by atoms with E-state index in [0.717, 1.165) is 6.54 Å². The first-order valence-corrected chi connectivity index (χ1v) is 4.16. The number of hydrogen-bond acceptors (Lipinski definition) is 2. The summed E-state index contributed by atoms with van der Waals surface area (Å²) < 4.78 is 0. The van der Waals surface area contributed by atoms with Crippen molar-refractivity contribution in [2.75, 3.05) is 27.7 Å². The van der Waals surface area contributed by atoms with Gasteiger partial charge in [0.25, 0.3) is 0 Å². The van der Waals surface area contributed by atoms with Crippen molar-refractivity contribution >= 4 is 5.91 Å². The first-order chi connectivity index (χ1) is 5.27. The van der Waals surface area contributed by atoms with Gasteiger partial charge in [-0.1, -0.05) is 0 Å². The molecule has 0 aliphatic rings. The molecule has 0 fully saturated rings. The average Bonchev–Trinajstić information content (AvgIpc) is 1.82. The van der Waals surface area contributed by atoms with E-state index in [9.17, 15) is 4.79 Å². The Bertz CT molecular complexity index is 164. The van der Waals surface area contributed by atoms with Crippen molar-refractivity contribution in [3.05, 3.63) is 0 Å². The zero-order valence-corrected chi connectivity index (χ0v) is 9.01. The van der Waals surface area contributed by atoms with Crippen molar-refractivity contribution in [2.45, 2.75) is 26.3 Å². The highest BCUT2D eigenvalue weighted by atomic mass is 16.2. The molecule has 0 aromatic rings. The number of likely N-dealkylation sites (N-methyl/N-ethyl adjacent to an activating group) is 2. The van der Waals surface area contributed by atoms with Crippen LogP contribution in [0.2, 0.25) is 0 Å². The standard InChI is InChI=1S/C9H20N2O/c1-8(12)11(6)9(2,3)7-10(4)5/h7H2,1-6H3. The van der Waals surface area contributed by atoms with E-state index in [1.165, 1.54) is 0 Å². The number of carbonyl (C=O) groups excluding carboxylic acids is 1. The average molecular weight is 172 g/mol. The van der Waals surface area contributed by atoms with E-state index in [1.54, 1.807) is 11.8 Å². The molecule has 0 unspecified atom stereocenters. The fourth-order valence-corrected chi connectivity index (χ4v) is 1.31. The Labute approximate surface area is 75.3 Å². The minimum atomic E-state index is -0.0880. The van der Waals surface area contributed by atoms with Crippen molar-refractivity contribution in [2.24, 2.45) is 0 Å². The highest BCUT2D eigenvalue weighted by Gasteiger charge is 2.25. The summed E-state index contributed by atoms with van der Waals surface area (Å²) in [5, 5.41) is 0. The molecule has 0 rings (SSSR count). The number of carbonyl (C=O) groups is 1. The molecule has 3 heteroatoms. The summed E-state index contributed by atoms with van der Waals surface area (Å²) in [6.45, 7) is 6.60. The molecular formula is C9H20N2O. The molecule has 0 radical (unpaired) electrons. The lowest BCUT2D eigenvalue weighted by Gasteiger charge is -2.37. The molecule has 0 aromatic heterocycles. The molecule has 0 saturated heterocycles. The zero-order valence-electron chi connectivity index (χ0n) is 9.01. The highest BCUT2D eigenvalue weighted by Crippen LogP contribution is 2.12. The highest BCUT2D eigenvalue weighted by molar-refractivity contribution is 5.73. The molecular weight excluding hydrogens is 152 g/mol. The molecule has 0 saturated carbocycles. The van der Waals surface area contributed by atoms with Gasteiger partial charge in [-0.15, -0.1) is 0 Å². The molecule has 72 valence electrons. The van der Waals surface area contributed by atoms with Gasteiger partial charge in [0.05, 0.1) is 0 Å². The third-order valence-corrected chi connectivity index (χ3v) is 2.08. The Morgan fingerprint density at radius 2 is 1.67 bits per heavy atom. The van der Waals surface area contributed by atoms with Crippen molar-refractivity contribution in [1.82, 2.24) is 9.80 Å². The normalized spacial score (nSPS) is 11.9. The van der Waals surface area contributed by atoms with Gasteiger partial charge in [-0.05, 0) is 27.9 Å². The largest absolute Gasteiger partial charge is 0.340 e. The number of amides is 1. The minimum Gasteiger partial charge on any atom is -0.340 e. The lowest BCUT2D eigenvalue weighted by molar-refractivity contribution is -0.132. The van der Waals surface area contributed by atoms with Gasteiger partial charge in [0.2, 0.25) is 5.91 Å². The third-order valence-electron chi connectivity index (χ3n) is 2.08. The second-order valence-electron chi connectivity index (χ2n) is 4.13. The van der Waals surface area contributed by atoms with E-state index < -0.39 is 0 Å². The fourth-order valence-electron chi connectivity index (χ4n) is 1.31. The summed E-state index contributed by atoms with van der Waals surface area (Å²) in [5.74, 6) is 0.113. The Morgan fingerprint density at radius 3 is 1.92 bits per heavy atom. The Morgan fingerprint density at radius 1 is 1.25 bits per heavy atom. The lowest BCUT2D eigenvalue weighted by atomic mass is 10.0. The molecule has 0 heterocycles. The molecule has 0 aromatic carbocycles. The van der Waals surface area contributed by atoms with Crippen LogP contribution in [0.1, 0.15) is 20.8 Å². The van der Waals surface area contributed by atoms with E-state index >= 15 is 0 Å². The topological polar surface area (TPSA) is 23.6 Å². The van der Waals surface area contributed by atoms with E-state index in [-0.39, 0.29) is 11.4 Å². The van der Waals surface area contributed by atoms with Crippen LogP contribution in [0.5, 0.6) is 0 Å². The van der Waals surface area contributed by atoms with Crippen molar-refractivity contribution in [1.29, 1.82) is 0 Å².